The van der Waals surface area contributed by atoms with Gasteiger partial charge < -0.3 is 10.2 Å². The molecule has 2 aromatic rings. The Balaban J connectivity index is 2.00. The first-order valence-corrected chi connectivity index (χ1v) is 7.32. The number of thioether (sulfide) groups is 1. The van der Waals surface area contributed by atoms with E-state index in [9.17, 15) is 0 Å². The molecular formula is C13H16N6S. The molecule has 1 aliphatic heterocycles. The number of hydrazone groups is 2. The van der Waals surface area contributed by atoms with Crippen LogP contribution in [0.4, 0.5) is 0 Å². The van der Waals surface area contributed by atoms with Gasteiger partial charge in [-0.15, -0.1) is 0 Å². The lowest BCUT2D eigenvalue weighted by Crippen LogP contribution is -2.30. The maximum atomic E-state index is 5.45. The van der Waals surface area contributed by atoms with Crippen LogP contribution in [0.5, 0.6) is 0 Å². The number of nitrogens with two attached hydrogens (primary N) is 1. The number of amidine groups is 1. The molecule has 7 heteroatoms. The fraction of sp³-hybridized carbons (Fsp3) is 0.308. The molecule has 0 bridgehead atoms. The van der Waals surface area contributed by atoms with Gasteiger partial charge in [0.05, 0.1) is 17.9 Å². The molecule has 0 aromatic carbocycles. The largest absolute Gasteiger partial charge is 0.321 e. The highest BCUT2D eigenvalue weighted by Crippen LogP contribution is 2.21. The molecule has 3 heterocycles. The summed E-state index contributed by atoms with van der Waals surface area (Å²) in [5.74, 6) is 6.28. The number of aryl methyl sites for hydroxylation is 1. The molecule has 2 N–H and O–H groups in total. The van der Waals surface area contributed by atoms with Crippen molar-refractivity contribution in [3.05, 3.63) is 35.8 Å². The van der Waals surface area contributed by atoms with Gasteiger partial charge in [-0.05, 0) is 26.0 Å². The Morgan fingerprint density at radius 1 is 1.40 bits per heavy atom. The molecule has 1 aliphatic rings. The van der Waals surface area contributed by atoms with E-state index in [2.05, 4.69) is 19.6 Å². The highest BCUT2D eigenvalue weighted by atomic mass is 32.2. The van der Waals surface area contributed by atoms with Crippen molar-refractivity contribution in [1.82, 2.24) is 14.4 Å². The second-order valence-electron chi connectivity index (χ2n) is 4.67. The SMILES string of the molecule is CC1=NN(Cc2c(C)nc3ccccn23)/C(=N\N)SC1. The number of nitrogens with zero attached hydrogens (tertiary/aromatic N) is 5. The van der Waals surface area contributed by atoms with E-state index in [1.807, 2.05) is 43.3 Å². The van der Waals surface area contributed by atoms with E-state index >= 15 is 0 Å². The average Bonchev–Trinajstić information content (AvgIpc) is 2.76. The van der Waals surface area contributed by atoms with Crippen molar-refractivity contribution in [3.63, 3.8) is 0 Å². The van der Waals surface area contributed by atoms with Crippen molar-refractivity contribution in [1.29, 1.82) is 0 Å². The molecule has 0 spiro atoms. The van der Waals surface area contributed by atoms with Crippen molar-refractivity contribution >= 4 is 28.3 Å². The first kappa shape index (κ1) is 13.0. The van der Waals surface area contributed by atoms with Crippen LogP contribution in [-0.2, 0) is 6.54 Å². The second-order valence-corrected chi connectivity index (χ2v) is 5.61. The van der Waals surface area contributed by atoms with Crippen LogP contribution in [0, 0.1) is 6.92 Å². The van der Waals surface area contributed by atoms with Crippen LogP contribution in [-0.4, -0.2) is 31.0 Å². The van der Waals surface area contributed by atoms with Gasteiger partial charge in [-0.3, -0.25) is 0 Å². The van der Waals surface area contributed by atoms with E-state index in [0.29, 0.717) is 6.54 Å². The summed E-state index contributed by atoms with van der Waals surface area (Å²) >= 11 is 1.60. The van der Waals surface area contributed by atoms with Gasteiger partial charge in [0, 0.05) is 17.7 Å². The van der Waals surface area contributed by atoms with Crippen LogP contribution in [0.3, 0.4) is 0 Å². The van der Waals surface area contributed by atoms with Crippen LogP contribution in [0.1, 0.15) is 18.3 Å². The summed E-state index contributed by atoms with van der Waals surface area (Å²) in [6, 6.07) is 5.97. The van der Waals surface area contributed by atoms with Gasteiger partial charge >= 0.3 is 0 Å². The average molecular weight is 288 g/mol. The number of fused-ring (bicyclic) bond motifs is 1. The lowest BCUT2D eigenvalue weighted by atomic mass is 10.3. The third kappa shape index (κ3) is 2.24. The minimum Gasteiger partial charge on any atom is -0.321 e. The Labute approximate surface area is 121 Å². The summed E-state index contributed by atoms with van der Waals surface area (Å²) in [4.78, 5) is 4.56. The van der Waals surface area contributed by atoms with Gasteiger partial charge in [-0.2, -0.15) is 10.2 Å². The summed E-state index contributed by atoms with van der Waals surface area (Å²) in [5.41, 5.74) is 4.10. The molecule has 20 heavy (non-hydrogen) atoms. The summed E-state index contributed by atoms with van der Waals surface area (Å²) in [6.07, 6.45) is 2.01. The molecule has 0 aliphatic carbocycles. The van der Waals surface area contributed by atoms with Crippen molar-refractivity contribution < 1.29 is 0 Å². The topological polar surface area (TPSA) is 71.3 Å². The second kappa shape index (κ2) is 5.16. The molecule has 0 saturated carbocycles. The van der Waals surface area contributed by atoms with Gasteiger partial charge in [0.2, 0.25) is 5.17 Å². The monoisotopic (exact) mass is 288 g/mol. The van der Waals surface area contributed by atoms with Crippen molar-refractivity contribution in [3.8, 4) is 0 Å². The molecule has 104 valence electrons. The third-order valence-electron chi connectivity index (χ3n) is 3.16. The smallest absolute Gasteiger partial charge is 0.203 e. The van der Waals surface area contributed by atoms with Crippen molar-refractivity contribution in [2.45, 2.75) is 20.4 Å². The Hall–Kier alpha value is -2.02. The lowest BCUT2D eigenvalue weighted by Gasteiger charge is -2.24. The van der Waals surface area contributed by atoms with Crippen LogP contribution in [0.15, 0.2) is 34.6 Å². The molecule has 0 saturated heterocycles. The molecule has 3 rings (SSSR count). The van der Waals surface area contributed by atoms with E-state index in [1.165, 1.54) is 0 Å². The van der Waals surface area contributed by atoms with Gasteiger partial charge in [0.25, 0.3) is 0 Å². The van der Waals surface area contributed by atoms with Crippen molar-refractivity contribution in [2.75, 3.05) is 5.75 Å². The fourth-order valence-electron chi connectivity index (χ4n) is 2.22. The number of hydrogen-bond acceptors (Lipinski definition) is 5. The number of aromatic nitrogens is 2. The number of hydrogen-bond donors (Lipinski definition) is 1. The molecule has 0 amide bonds. The standard InChI is InChI=1S/C13H16N6S/c1-9-8-20-13(16-14)19(17-9)7-11-10(2)15-12-5-3-4-6-18(11)12/h3-6H,7-8,14H2,1-2H3/b16-13+. The van der Waals surface area contributed by atoms with Crippen LogP contribution in [0.25, 0.3) is 5.65 Å². The molecule has 0 radical (unpaired) electrons. The first-order chi connectivity index (χ1) is 9.69. The summed E-state index contributed by atoms with van der Waals surface area (Å²) in [5, 5.41) is 10.9. The van der Waals surface area contributed by atoms with Crippen LogP contribution in [0.2, 0.25) is 0 Å². The van der Waals surface area contributed by atoms with E-state index in [4.69, 9.17) is 5.84 Å². The first-order valence-electron chi connectivity index (χ1n) is 6.34. The molecule has 0 fully saturated rings. The Morgan fingerprint density at radius 2 is 2.25 bits per heavy atom. The van der Waals surface area contributed by atoms with E-state index in [1.54, 1.807) is 11.8 Å². The Morgan fingerprint density at radius 3 is 3.05 bits per heavy atom. The highest BCUT2D eigenvalue weighted by molar-refractivity contribution is 8.14. The zero-order valence-corrected chi connectivity index (χ0v) is 12.3. The maximum absolute atomic E-state index is 5.45. The van der Waals surface area contributed by atoms with Gasteiger partial charge in [0.15, 0.2) is 0 Å². The number of pyridine rings is 1. The van der Waals surface area contributed by atoms with E-state index in [-0.39, 0.29) is 0 Å². The number of rotatable bonds is 2. The van der Waals surface area contributed by atoms with Gasteiger partial charge in [-0.1, -0.05) is 17.8 Å². The van der Waals surface area contributed by atoms with Crippen LogP contribution >= 0.6 is 11.8 Å². The van der Waals surface area contributed by atoms with E-state index in [0.717, 1.165) is 33.7 Å². The quantitative estimate of drug-likeness (QED) is 0.675. The maximum Gasteiger partial charge on any atom is 0.203 e. The normalized spacial score (nSPS) is 17.8. The zero-order chi connectivity index (χ0) is 14.1. The fourth-order valence-corrected chi connectivity index (χ4v) is 2.95. The minimum absolute atomic E-state index is 0.609. The van der Waals surface area contributed by atoms with Gasteiger partial charge in [-0.25, -0.2) is 9.99 Å². The Bertz CT molecular complexity index is 702. The molecule has 0 unspecified atom stereocenters. The number of imidazole rings is 1. The zero-order valence-electron chi connectivity index (χ0n) is 11.4. The van der Waals surface area contributed by atoms with E-state index < -0.39 is 0 Å². The summed E-state index contributed by atoms with van der Waals surface area (Å²) in [7, 11) is 0. The van der Waals surface area contributed by atoms with Crippen LogP contribution < -0.4 is 5.84 Å². The minimum atomic E-state index is 0.609. The molecule has 0 atom stereocenters. The molecular weight excluding hydrogens is 272 g/mol. The lowest BCUT2D eigenvalue weighted by molar-refractivity contribution is 0.435. The predicted molar refractivity (Wildman–Crippen MR) is 82.7 cm³/mol. The van der Waals surface area contributed by atoms with Crippen molar-refractivity contribution in [2.24, 2.45) is 16.0 Å². The molecule has 2 aromatic heterocycles. The highest BCUT2D eigenvalue weighted by Gasteiger charge is 2.20. The molecule has 6 nitrogen and oxygen atoms in total. The predicted octanol–water partition coefficient (Wildman–Crippen LogP) is 1.80. The summed E-state index contributed by atoms with van der Waals surface area (Å²) in [6.45, 7) is 4.63. The Kier molecular flexibility index (Phi) is 3.35. The third-order valence-corrected chi connectivity index (χ3v) is 4.30. The summed E-state index contributed by atoms with van der Waals surface area (Å²) < 4.78 is 2.08. The van der Waals surface area contributed by atoms with Gasteiger partial charge in [0.1, 0.15) is 5.65 Å².